The van der Waals surface area contributed by atoms with Crippen LogP contribution in [0.3, 0.4) is 0 Å². The van der Waals surface area contributed by atoms with E-state index in [2.05, 4.69) is 21.2 Å². The first-order chi connectivity index (χ1) is 9.81. The van der Waals surface area contributed by atoms with Crippen LogP contribution >= 0.6 is 15.9 Å². The van der Waals surface area contributed by atoms with Gasteiger partial charge >= 0.3 is 0 Å². The number of hydrogen-bond acceptors (Lipinski definition) is 3. The van der Waals surface area contributed by atoms with Crippen LogP contribution < -0.4 is 5.32 Å². The lowest BCUT2D eigenvalue weighted by molar-refractivity contribution is 0.109. The zero-order valence-corrected chi connectivity index (χ0v) is 12.9. The van der Waals surface area contributed by atoms with E-state index in [9.17, 15) is 0 Å². The van der Waals surface area contributed by atoms with Crippen molar-refractivity contribution >= 4 is 15.9 Å². The standard InChI is InChI=1S/C16H18BrNO2/c17-13-5-3-12(4-6-13)16-8-7-15(20-16)11-18-10-14-2-1-9-19-14/h3-8,14,18H,1-2,9-11H2. The molecule has 0 saturated carbocycles. The Kier molecular flexibility index (Phi) is 4.55. The Bertz CT molecular complexity index is 544. The van der Waals surface area contributed by atoms with E-state index >= 15 is 0 Å². The fourth-order valence-corrected chi connectivity index (χ4v) is 2.67. The van der Waals surface area contributed by atoms with Crippen molar-refractivity contribution in [3.8, 4) is 11.3 Å². The van der Waals surface area contributed by atoms with E-state index in [1.807, 2.05) is 36.4 Å². The quantitative estimate of drug-likeness (QED) is 0.897. The number of benzene rings is 1. The predicted octanol–water partition coefficient (Wildman–Crippen LogP) is 3.98. The Morgan fingerprint density at radius 3 is 2.75 bits per heavy atom. The van der Waals surface area contributed by atoms with Gasteiger partial charge in [0.05, 0.1) is 12.6 Å². The molecule has 1 aromatic heterocycles. The molecule has 1 saturated heterocycles. The van der Waals surface area contributed by atoms with E-state index in [4.69, 9.17) is 9.15 Å². The van der Waals surface area contributed by atoms with Crippen molar-refractivity contribution in [1.29, 1.82) is 0 Å². The second-order valence-corrected chi connectivity index (χ2v) is 5.95. The summed E-state index contributed by atoms with van der Waals surface area (Å²) < 4.78 is 12.5. The smallest absolute Gasteiger partial charge is 0.134 e. The topological polar surface area (TPSA) is 34.4 Å². The third-order valence-corrected chi connectivity index (χ3v) is 4.01. The van der Waals surface area contributed by atoms with Gasteiger partial charge in [0.25, 0.3) is 0 Å². The molecule has 0 amide bonds. The van der Waals surface area contributed by atoms with Gasteiger partial charge in [-0.2, -0.15) is 0 Å². The molecule has 2 aromatic rings. The summed E-state index contributed by atoms with van der Waals surface area (Å²) in [6, 6.07) is 12.2. The zero-order chi connectivity index (χ0) is 13.8. The van der Waals surface area contributed by atoms with Crippen molar-refractivity contribution in [3.63, 3.8) is 0 Å². The molecule has 0 bridgehead atoms. The van der Waals surface area contributed by atoms with Gasteiger partial charge in [-0.1, -0.05) is 28.1 Å². The molecule has 1 aliphatic rings. The second-order valence-electron chi connectivity index (χ2n) is 5.04. The molecular weight excluding hydrogens is 318 g/mol. The fraction of sp³-hybridized carbons (Fsp3) is 0.375. The van der Waals surface area contributed by atoms with Gasteiger partial charge in [-0.3, -0.25) is 0 Å². The highest BCUT2D eigenvalue weighted by atomic mass is 79.9. The van der Waals surface area contributed by atoms with Gasteiger partial charge in [-0.05, 0) is 37.1 Å². The van der Waals surface area contributed by atoms with Gasteiger partial charge in [-0.25, -0.2) is 0 Å². The maximum absolute atomic E-state index is 5.86. The van der Waals surface area contributed by atoms with Crippen LogP contribution in [0.1, 0.15) is 18.6 Å². The van der Waals surface area contributed by atoms with Gasteiger partial charge in [-0.15, -0.1) is 0 Å². The maximum Gasteiger partial charge on any atom is 0.134 e. The molecule has 106 valence electrons. The van der Waals surface area contributed by atoms with Crippen LogP contribution in [0.2, 0.25) is 0 Å². The van der Waals surface area contributed by atoms with Gasteiger partial charge in [0.2, 0.25) is 0 Å². The Balaban J connectivity index is 1.55. The van der Waals surface area contributed by atoms with Gasteiger partial charge in [0.1, 0.15) is 11.5 Å². The minimum atomic E-state index is 0.371. The van der Waals surface area contributed by atoms with E-state index in [0.29, 0.717) is 6.10 Å². The minimum absolute atomic E-state index is 0.371. The third kappa shape index (κ3) is 3.51. The molecule has 3 rings (SSSR count). The Labute approximate surface area is 127 Å². The van der Waals surface area contributed by atoms with Gasteiger partial charge in [0.15, 0.2) is 0 Å². The van der Waals surface area contributed by atoms with Crippen molar-refractivity contribution < 1.29 is 9.15 Å². The predicted molar refractivity (Wildman–Crippen MR) is 82.5 cm³/mol. The molecule has 1 fully saturated rings. The molecule has 0 aliphatic carbocycles. The van der Waals surface area contributed by atoms with Crippen LogP contribution in [-0.2, 0) is 11.3 Å². The maximum atomic E-state index is 5.86. The monoisotopic (exact) mass is 335 g/mol. The molecule has 0 radical (unpaired) electrons. The Morgan fingerprint density at radius 2 is 2.00 bits per heavy atom. The Morgan fingerprint density at radius 1 is 1.15 bits per heavy atom. The highest BCUT2D eigenvalue weighted by Crippen LogP contribution is 2.24. The summed E-state index contributed by atoms with van der Waals surface area (Å²) in [7, 11) is 0. The minimum Gasteiger partial charge on any atom is -0.460 e. The van der Waals surface area contributed by atoms with Crippen LogP contribution in [0.5, 0.6) is 0 Å². The summed E-state index contributed by atoms with van der Waals surface area (Å²) in [6.07, 6.45) is 2.71. The summed E-state index contributed by atoms with van der Waals surface area (Å²) >= 11 is 3.44. The number of halogens is 1. The average Bonchev–Trinajstić information content (AvgIpc) is 3.11. The largest absolute Gasteiger partial charge is 0.460 e. The van der Waals surface area contributed by atoms with Crippen LogP contribution in [0.15, 0.2) is 45.3 Å². The van der Waals surface area contributed by atoms with Crippen molar-refractivity contribution in [2.75, 3.05) is 13.2 Å². The van der Waals surface area contributed by atoms with Crippen LogP contribution in [0, 0.1) is 0 Å². The van der Waals surface area contributed by atoms with Crippen molar-refractivity contribution in [3.05, 3.63) is 46.6 Å². The molecule has 1 aromatic carbocycles. The van der Waals surface area contributed by atoms with Gasteiger partial charge in [0, 0.05) is 23.2 Å². The van der Waals surface area contributed by atoms with Gasteiger partial charge < -0.3 is 14.5 Å². The van der Waals surface area contributed by atoms with Crippen LogP contribution in [0.4, 0.5) is 0 Å². The van der Waals surface area contributed by atoms with Crippen molar-refractivity contribution in [2.24, 2.45) is 0 Å². The number of hydrogen-bond donors (Lipinski definition) is 1. The second kappa shape index (κ2) is 6.57. The molecule has 20 heavy (non-hydrogen) atoms. The fourth-order valence-electron chi connectivity index (χ4n) is 2.40. The summed E-state index contributed by atoms with van der Waals surface area (Å²) in [5.41, 5.74) is 1.10. The van der Waals surface area contributed by atoms with Crippen molar-refractivity contribution in [1.82, 2.24) is 5.32 Å². The van der Waals surface area contributed by atoms with Crippen LogP contribution in [-0.4, -0.2) is 19.3 Å². The van der Waals surface area contributed by atoms with E-state index in [-0.39, 0.29) is 0 Å². The molecule has 2 heterocycles. The van der Waals surface area contributed by atoms with Crippen LogP contribution in [0.25, 0.3) is 11.3 Å². The number of furan rings is 1. The van der Waals surface area contributed by atoms with E-state index in [1.54, 1.807) is 0 Å². The highest BCUT2D eigenvalue weighted by molar-refractivity contribution is 9.10. The van der Waals surface area contributed by atoms with E-state index in [0.717, 1.165) is 47.7 Å². The summed E-state index contributed by atoms with van der Waals surface area (Å²) in [5, 5.41) is 3.39. The lowest BCUT2D eigenvalue weighted by Gasteiger charge is -2.09. The molecule has 1 aliphatic heterocycles. The third-order valence-electron chi connectivity index (χ3n) is 3.49. The lowest BCUT2D eigenvalue weighted by Crippen LogP contribution is -2.25. The molecule has 1 unspecified atom stereocenters. The molecule has 4 heteroatoms. The summed E-state index contributed by atoms with van der Waals surface area (Å²) in [5.74, 6) is 1.87. The van der Waals surface area contributed by atoms with Crippen molar-refractivity contribution in [2.45, 2.75) is 25.5 Å². The SMILES string of the molecule is Brc1ccc(-c2ccc(CNCC3CCCO3)o2)cc1. The number of nitrogens with one attached hydrogen (secondary N) is 1. The first-order valence-electron chi connectivity index (χ1n) is 6.98. The molecule has 1 atom stereocenters. The summed E-state index contributed by atoms with van der Waals surface area (Å²) in [4.78, 5) is 0. The zero-order valence-electron chi connectivity index (χ0n) is 11.3. The summed E-state index contributed by atoms with van der Waals surface area (Å²) in [6.45, 7) is 2.55. The Hall–Kier alpha value is -1.10. The normalized spacial score (nSPS) is 18.6. The number of rotatable bonds is 5. The molecular formula is C16H18BrNO2. The van der Waals surface area contributed by atoms with E-state index in [1.165, 1.54) is 6.42 Å². The lowest BCUT2D eigenvalue weighted by atomic mass is 10.2. The molecule has 0 spiro atoms. The first-order valence-corrected chi connectivity index (χ1v) is 7.77. The highest BCUT2D eigenvalue weighted by Gasteiger charge is 2.14. The number of ether oxygens (including phenoxy) is 1. The average molecular weight is 336 g/mol. The van der Waals surface area contributed by atoms with E-state index < -0.39 is 0 Å². The first kappa shape index (κ1) is 13.9. The molecule has 3 nitrogen and oxygen atoms in total. The molecule has 1 N–H and O–H groups in total.